The zero-order chi connectivity index (χ0) is 11.0. The lowest BCUT2D eigenvalue weighted by Gasteiger charge is -2.14. The second-order valence-corrected chi connectivity index (χ2v) is 4.31. The lowest BCUT2D eigenvalue weighted by molar-refractivity contribution is 0.353. The standard InChI is InChI=1S/C13H22N/c1-6-14(7-2)12-10-8-9-11-13(3,4)5/h8,10H,1,6-7,12H2,2-5H3/b10-8+. The summed E-state index contributed by atoms with van der Waals surface area (Å²) in [6.45, 7) is 15.2. The van der Waals surface area contributed by atoms with Gasteiger partial charge in [-0.3, -0.25) is 4.90 Å². The van der Waals surface area contributed by atoms with Gasteiger partial charge in [-0.05, 0) is 46.9 Å². The molecule has 0 saturated heterocycles. The molecular formula is C13H22N. The number of hydrogen-bond acceptors (Lipinski definition) is 1. The van der Waals surface area contributed by atoms with Crippen LogP contribution in [0.15, 0.2) is 12.2 Å². The number of nitrogens with zero attached hydrogens (tertiary/aromatic N) is 1. The molecule has 0 rings (SSSR count). The van der Waals surface area contributed by atoms with Crippen LogP contribution >= 0.6 is 0 Å². The molecule has 0 aliphatic heterocycles. The highest BCUT2D eigenvalue weighted by atomic mass is 15.1. The van der Waals surface area contributed by atoms with Crippen LogP contribution in [0.4, 0.5) is 0 Å². The Bertz CT molecular complexity index is 218. The van der Waals surface area contributed by atoms with E-state index in [4.69, 9.17) is 0 Å². The third-order valence-electron chi connectivity index (χ3n) is 1.78. The van der Waals surface area contributed by atoms with Gasteiger partial charge >= 0.3 is 0 Å². The first-order valence-corrected chi connectivity index (χ1v) is 5.19. The number of rotatable bonds is 4. The average molecular weight is 192 g/mol. The van der Waals surface area contributed by atoms with Gasteiger partial charge < -0.3 is 0 Å². The summed E-state index contributed by atoms with van der Waals surface area (Å²) in [6, 6.07) is 0. The van der Waals surface area contributed by atoms with E-state index in [0.29, 0.717) is 0 Å². The molecule has 0 amide bonds. The van der Waals surface area contributed by atoms with Crippen molar-refractivity contribution in [1.82, 2.24) is 4.90 Å². The minimum atomic E-state index is 0.0983. The molecule has 0 atom stereocenters. The molecule has 14 heavy (non-hydrogen) atoms. The highest BCUT2D eigenvalue weighted by Gasteiger charge is 2.02. The molecule has 1 radical (unpaired) electrons. The molecule has 0 aromatic heterocycles. The van der Waals surface area contributed by atoms with Crippen molar-refractivity contribution in [2.75, 3.05) is 19.6 Å². The smallest absolute Gasteiger partial charge is 0.0233 e. The monoisotopic (exact) mass is 192 g/mol. The minimum absolute atomic E-state index is 0.0983. The molecule has 0 spiro atoms. The fraction of sp³-hybridized carbons (Fsp3) is 0.615. The van der Waals surface area contributed by atoms with Crippen molar-refractivity contribution in [3.05, 3.63) is 19.1 Å². The van der Waals surface area contributed by atoms with Crippen molar-refractivity contribution in [2.45, 2.75) is 27.7 Å². The lowest BCUT2D eigenvalue weighted by atomic mass is 9.98. The summed E-state index contributed by atoms with van der Waals surface area (Å²) in [5, 5.41) is 0. The molecule has 0 unspecified atom stereocenters. The summed E-state index contributed by atoms with van der Waals surface area (Å²) in [5.74, 6) is 6.21. The van der Waals surface area contributed by atoms with E-state index >= 15 is 0 Å². The van der Waals surface area contributed by atoms with Gasteiger partial charge in [-0.1, -0.05) is 24.8 Å². The van der Waals surface area contributed by atoms with E-state index in [-0.39, 0.29) is 5.41 Å². The normalized spacial score (nSPS) is 11.9. The van der Waals surface area contributed by atoms with Gasteiger partial charge in [0.1, 0.15) is 0 Å². The molecular weight excluding hydrogens is 170 g/mol. The molecule has 0 bridgehead atoms. The van der Waals surface area contributed by atoms with Crippen molar-refractivity contribution >= 4 is 0 Å². The van der Waals surface area contributed by atoms with E-state index in [0.717, 1.165) is 19.6 Å². The minimum Gasteiger partial charge on any atom is -0.300 e. The van der Waals surface area contributed by atoms with Crippen molar-refractivity contribution in [2.24, 2.45) is 5.41 Å². The SMILES string of the molecule is [CH2]CN(CC)C/C=C/C#CC(C)(C)C. The first-order valence-electron chi connectivity index (χ1n) is 5.19. The van der Waals surface area contributed by atoms with Gasteiger partial charge in [-0.25, -0.2) is 0 Å². The summed E-state index contributed by atoms with van der Waals surface area (Å²) in [6.07, 6.45) is 4.02. The van der Waals surface area contributed by atoms with E-state index in [1.807, 2.05) is 6.08 Å². The van der Waals surface area contributed by atoms with Crippen molar-refractivity contribution in [1.29, 1.82) is 0 Å². The number of hydrogen-bond donors (Lipinski definition) is 0. The second kappa shape index (κ2) is 6.68. The second-order valence-electron chi connectivity index (χ2n) is 4.31. The van der Waals surface area contributed by atoms with Gasteiger partial charge in [-0.2, -0.15) is 0 Å². The zero-order valence-electron chi connectivity index (χ0n) is 9.93. The topological polar surface area (TPSA) is 3.24 Å². The predicted octanol–water partition coefficient (Wildman–Crippen LogP) is 2.75. The molecule has 0 aliphatic rings. The molecule has 0 aliphatic carbocycles. The lowest BCUT2D eigenvalue weighted by Crippen LogP contribution is -2.22. The summed E-state index contributed by atoms with van der Waals surface area (Å²) in [4.78, 5) is 2.25. The van der Waals surface area contributed by atoms with Crippen LogP contribution in [0.1, 0.15) is 27.7 Å². The maximum absolute atomic E-state index is 3.85. The Balaban J connectivity index is 3.88. The van der Waals surface area contributed by atoms with Crippen LogP contribution in [0.25, 0.3) is 0 Å². The Morgan fingerprint density at radius 3 is 2.43 bits per heavy atom. The largest absolute Gasteiger partial charge is 0.300 e. The van der Waals surface area contributed by atoms with Crippen LogP contribution in [0.2, 0.25) is 0 Å². The van der Waals surface area contributed by atoms with Crippen molar-refractivity contribution in [3.63, 3.8) is 0 Å². The van der Waals surface area contributed by atoms with Gasteiger partial charge in [0.05, 0.1) is 0 Å². The summed E-state index contributed by atoms with van der Waals surface area (Å²) >= 11 is 0. The highest BCUT2D eigenvalue weighted by Crippen LogP contribution is 2.09. The van der Waals surface area contributed by atoms with Crippen LogP contribution in [0.5, 0.6) is 0 Å². The number of allylic oxidation sites excluding steroid dienone is 1. The van der Waals surface area contributed by atoms with Crippen LogP contribution in [-0.2, 0) is 0 Å². The highest BCUT2D eigenvalue weighted by molar-refractivity contribution is 5.19. The molecule has 0 aromatic carbocycles. The van der Waals surface area contributed by atoms with Crippen LogP contribution in [0.3, 0.4) is 0 Å². The molecule has 0 saturated carbocycles. The van der Waals surface area contributed by atoms with E-state index in [9.17, 15) is 0 Å². The Morgan fingerprint density at radius 2 is 2.00 bits per heavy atom. The van der Waals surface area contributed by atoms with Gasteiger partial charge in [0, 0.05) is 12.0 Å². The molecule has 1 nitrogen and oxygen atoms in total. The van der Waals surface area contributed by atoms with Crippen LogP contribution < -0.4 is 0 Å². The van der Waals surface area contributed by atoms with Crippen molar-refractivity contribution < 1.29 is 0 Å². The molecule has 0 heterocycles. The quantitative estimate of drug-likeness (QED) is 0.619. The molecule has 1 heteroatoms. The van der Waals surface area contributed by atoms with E-state index in [1.54, 1.807) is 0 Å². The first-order chi connectivity index (χ1) is 6.49. The summed E-state index contributed by atoms with van der Waals surface area (Å²) in [5.41, 5.74) is 0.0983. The van der Waals surface area contributed by atoms with Gasteiger partial charge in [0.15, 0.2) is 0 Å². The van der Waals surface area contributed by atoms with E-state index < -0.39 is 0 Å². The Labute approximate surface area is 89.2 Å². The summed E-state index contributed by atoms with van der Waals surface area (Å²) < 4.78 is 0. The first kappa shape index (κ1) is 13.3. The Hall–Kier alpha value is -0.740. The maximum Gasteiger partial charge on any atom is 0.0233 e. The van der Waals surface area contributed by atoms with Crippen molar-refractivity contribution in [3.8, 4) is 11.8 Å². The molecule has 0 aromatic rings. The van der Waals surface area contributed by atoms with E-state index in [1.165, 1.54) is 0 Å². The van der Waals surface area contributed by atoms with Crippen LogP contribution in [-0.4, -0.2) is 24.5 Å². The zero-order valence-corrected chi connectivity index (χ0v) is 9.93. The molecule has 0 fully saturated rings. The fourth-order valence-corrected chi connectivity index (χ4v) is 0.897. The average Bonchev–Trinajstić information content (AvgIpc) is 2.09. The third-order valence-corrected chi connectivity index (χ3v) is 1.78. The van der Waals surface area contributed by atoms with E-state index in [2.05, 4.69) is 57.4 Å². The predicted molar refractivity (Wildman–Crippen MR) is 63.8 cm³/mol. The Morgan fingerprint density at radius 1 is 1.36 bits per heavy atom. The number of likely N-dealkylation sites (N-methyl/N-ethyl adjacent to an activating group) is 1. The Kier molecular flexibility index (Phi) is 6.32. The third kappa shape index (κ3) is 7.89. The van der Waals surface area contributed by atoms with Crippen LogP contribution in [0, 0.1) is 24.2 Å². The van der Waals surface area contributed by atoms with Gasteiger partial charge in [0.2, 0.25) is 0 Å². The molecule has 79 valence electrons. The maximum atomic E-state index is 3.85. The molecule has 0 N–H and O–H groups in total. The van der Waals surface area contributed by atoms with Gasteiger partial charge in [-0.15, -0.1) is 0 Å². The fourth-order valence-electron chi connectivity index (χ4n) is 0.897. The summed E-state index contributed by atoms with van der Waals surface area (Å²) in [7, 11) is 0. The van der Waals surface area contributed by atoms with Gasteiger partial charge in [0.25, 0.3) is 0 Å².